The molecule has 3 nitrogen and oxygen atoms in total. The van der Waals surface area contributed by atoms with Gasteiger partial charge >= 0.3 is 0 Å². The third-order valence-corrected chi connectivity index (χ3v) is 2.91. The predicted molar refractivity (Wildman–Crippen MR) is 77.2 cm³/mol. The normalized spacial score (nSPS) is 12.1. The Bertz CT molecular complexity index is 459. The van der Waals surface area contributed by atoms with Gasteiger partial charge in [0.05, 0.1) is 12.3 Å². The Hall–Kier alpha value is -1.87. The molecular formula is C16H20N2O. The maximum Gasteiger partial charge on any atom is 0.119 e. The van der Waals surface area contributed by atoms with Gasteiger partial charge in [0.1, 0.15) is 5.75 Å². The largest absolute Gasteiger partial charge is 0.494 e. The van der Waals surface area contributed by atoms with Crippen molar-refractivity contribution in [2.45, 2.75) is 19.4 Å². The molecule has 0 fully saturated rings. The minimum Gasteiger partial charge on any atom is -0.494 e. The summed E-state index contributed by atoms with van der Waals surface area (Å²) in [5.41, 5.74) is 1.08. The Kier molecular flexibility index (Phi) is 5.38. The Morgan fingerprint density at radius 2 is 1.89 bits per heavy atom. The van der Waals surface area contributed by atoms with Gasteiger partial charge in [0.15, 0.2) is 0 Å². The lowest BCUT2D eigenvalue weighted by Crippen LogP contribution is -2.22. The molecule has 2 rings (SSSR count). The molecular weight excluding hydrogens is 236 g/mol. The monoisotopic (exact) mass is 256 g/mol. The molecule has 1 N–H and O–H groups in total. The number of hydrogen-bond acceptors (Lipinski definition) is 3. The summed E-state index contributed by atoms with van der Waals surface area (Å²) in [6, 6.07) is 16.2. The predicted octanol–water partition coefficient (Wildman–Crippen LogP) is 3.20. The second-order valence-corrected chi connectivity index (χ2v) is 4.45. The fourth-order valence-corrected chi connectivity index (χ4v) is 1.83. The molecule has 0 spiro atoms. The SMILES string of the molecule is CC(NCCCOc1ccccc1)c1ccccn1. The molecule has 100 valence electrons. The van der Waals surface area contributed by atoms with Gasteiger partial charge in [-0.2, -0.15) is 0 Å². The van der Waals surface area contributed by atoms with Gasteiger partial charge in [-0.1, -0.05) is 24.3 Å². The van der Waals surface area contributed by atoms with Crippen molar-refractivity contribution < 1.29 is 4.74 Å². The van der Waals surface area contributed by atoms with E-state index >= 15 is 0 Å². The molecule has 0 aliphatic carbocycles. The quantitative estimate of drug-likeness (QED) is 0.772. The molecule has 1 heterocycles. The van der Waals surface area contributed by atoms with Crippen molar-refractivity contribution in [3.8, 4) is 5.75 Å². The molecule has 0 aliphatic heterocycles. The molecule has 1 aromatic heterocycles. The van der Waals surface area contributed by atoms with E-state index in [1.807, 2.05) is 54.7 Å². The van der Waals surface area contributed by atoms with E-state index in [2.05, 4.69) is 17.2 Å². The first-order chi connectivity index (χ1) is 9.36. The summed E-state index contributed by atoms with van der Waals surface area (Å²) in [4.78, 5) is 4.33. The van der Waals surface area contributed by atoms with Crippen molar-refractivity contribution in [1.82, 2.24) is 10.3 Å². The van der Waals surface area contributed by atoms with Crippen LogP contribution in [0, 0.1) is 0 Å². The van der Waals surface area contributed by atoms with Gasteiger partial charge in [-0.25, -0.2) is 0 Å². The van der Waals surface area contributed by atoms with Gasteiger partial charge in [-0.3, -0.25) is 4.98 Å². The van der Waals surface area contributed by atoms with E-state index in [4.69, 9.17) is 4.74 Å². The second kappa shape index (κ2) is 7.54. The van der Waals surface area contributed by atoms with Crippen LogP contribution in [-0.2, 0) is 0 Å². The Balaban J connectivity index is 1.62. The van der Waals surface area contributed by atoms with E-state index in [1.54, 1.807) is 0 Å². The molecule has 1 atom stereocenters. The summed E-state index contributed by atoms with van der Waals surface area (Å²) in [6.07, 6.45) is 2.80. The smallest absolute Gasteiger partial charge is 0.119 e. The summed E-state index contributed by atoms with van der Waals surface area (Å²) < 4.78 is 5.64. The van der Waals surface area contributed by atoms with Crippen LogP contribution in [0.25, 0.3) is 0 Å². The van der Waals surface area contributed by atoms with Crippen LogP contribution >= 0.6 is 0 Å². The first-order valence-electron chi connectivity index (χ1n) is 6.68. The number of benzene rings is 1. The lowest BCUT2D eigenvalue weighted by molar-refractivity contribution is 0.305. The van der Waals surface area contributed by atoms with E-state index in [0.717, 1.165) is 31.0 Å². The maximum atomic E-state index is 5.64. The molecule has 0 radical (unpaired) electrons. The van der Waals surface area contributed by atoms with E-state index in [-0.39, 0.29) is 6.04 Å². The van der Waals surface area contributed by atoms with Gasteiger partial charge in [0.25, 0.3) is 0 Å². The van der Waals surface area contributed by atoms with Crippen LogP contribution in [0.3, 0.4) is 0 Å². The number of rotatable bonds is 7. The van der Waals surface area contributed by atoms with Crippen molar-refractivity contribution in [2.75, 3.05) is 13.2 Å². The zero-order valence-corrected chi connectivity index (χ0v) is 11.3. The summed E-state index contributed by atoms with van der Waals surface area (Å²) in [7, 11) is 0. The van der Waals surface area contributed by atoms with E-state index in [0.29, 0.717) is 0 Å². The highest BCUT2D eigenvalue weighted by atomic mass is 16.5. The molecule has 2 aromatic rings. The van der Waals surface area contributed by atoms with E-state index in [1.165, 1.54) is 0 Å². The van der Waals surface area contributed by atoms with Crippen molar-refractivity contribution in [3.05, 3.63) is 60.4 Å². The van der Waals surface area contributed by atoms with Crippen LogP contribution in [0.2, 0.25) is 0 Å². The Morgan fingerprint density at radius 3 is 2.63 bits per heavy atom. The van der Waals surface area contributed by atoms with Crippen molar-refractivity contribution in [1.29, 1.82) is 0 Å². The summed E-state index contributed by atoms with van der Waals surface area (Å²) in [5.74, 6) is 0.931. The number of aromatic nitrogens is 1. The van der Waals surface area contributed by atoms with E-state index < -0.39 is 0 Å². The number of nitrogens with zero attached hydrogens (tertiary/aromatic N) is 1. The standard InChI is InChI=1S/C16H20N2O/c1-14(16-10-5-6-11-18-16)17-12-7-13-19-15-8-3-2-4-9-15/h2-6,8-11,14,17H,7,12-13H2,1H3. The molecule has 0 aliphatic rings. The average Bonchev–Trinajstić information content (AvgIpc) is 2.49. The van der Waals surface area contributed by atoms with Gasteiger partial charge in [0, 0.05) is 12.2 Å². The third kappa shape index (κ3) is 4.72. The molecule has 3 heteroatoms. The topological polar surface area (TPSA) is 34.1 Å². The second-order valence-electron chi connectivity index (χ2n) is 4.45. The maximum absolute atomic E-state index is 5.64. The molecule has 0 saturated heterocycles. The highest BCUT2D eigenvalue weighted by Crippen LogP contribution is 2.09. The molecule has 0 saturated carbocycles. The van der Waals surface area contributed by atoms with Gasteiger partial charge in [-0.05, 0) is 44.2 Å². The first-order valence-corrected chi connectivity index (χ1v) is 6.68. The van der Waals surface area contributed by atoms with Crippen LogP contribution < -0.4 is 10.1 Å². The van der Waals surface area contributed by atoms with E-state index in [9.17, 15) is 0 Å². The number of nitrogens with one attached hydrogen (secondary N) is 1. The number of ether oxygens (including phenoxy) is 1. The fraction of sp³-hybridized carbons (Fsp3) is 0.312. The van der Waals surface area contributed by atoms with Crippen molar-refractivity contribution in [3.63, 3.8) is 0 Å². The van der Waals surface area contributed by atoms with Gasteiger partial charge in [0.2, 0.25) is 0 Å². The minimum absolute atomic E-state index is 0.276. The zero-order chi connectivity index (χ0) is 13.3. The third-order valence-electron chi connectivity index (χ3n) is 2.91. The van der Waals surface area contributed by atoms with Crippen LogP contribution in [0.15, 0.2) is 54.7 Å². The average molecular weight is 256 g/mol. The minimum atomic E-state index is 0.276. The Morgan fingerprint density at radius 1 is 1.11 bits per heavy atom. The Labute approximate surface area is 114 Å². The molecule has 19 heavy (non-hydrogen) atoms. The fourth-order valence-electron chi connectivity index (χ4n) is 1.83. The van der Waals surface area contributed by atoms with Crippen LogP contribution in [0.4, 0.5) is 0 Å². The van der Waals surface area contributed by atoms with Gasteiger partial charge in [-0.15, -0.1) is 0 Å². The highest BCUT2D eigenvalue weighted by molar-refractivity contribution is 5.20. The lowest BCUT2D eigenvalue weighted by atomic mass is 10.2. The van der Waals surface area contributed by atoms with Gasteiger partial charge < -0.3 is 10.1 Å². The number of pyridine rings is 1. The van der Waals surface area contributed by atoms with Crippen LogP contribution in [-0.4, -0.2) is 18.1 Å². The number of hydrogen-bond donors (Lipinski definition) is 1. The van der Waals surface area contributed by atoms with Crippen LogP contribution in [0.1, 0.15) is 25.1 Å². The van der Waals surface area contributed by atoms with Crippen molar-refractivity contribution in [2.24, 2.45) is 0 Å². The summed E-state index contributed by atoms with van der Waals surface area (Å²) >= 11 is 0. The zero-order valence-electron chi connectivity index (χ0n) is 11.3. The molecule has 1 unspecified atom stereocenters. The number of para-hydroxylation sites is 1. The summed E-state index contributed by atoms with van der Waals surface area (Å²) in [5, 5.41) is 3.44. The van der Waals surface area contributed by atoms with Crippen molar-refractivity contribution >= 4 is 0 Å². The molecule has 0 amide bonds. The molecule has 0 bridgehead atoms. The summed E-state index contributed by atoms with van der Waals surface area (Å²) in [6.45, 7) is 3.77. The first kappa shape index (κ1) is 13.6. The lowest BCUT2D eigenvalue weighted by Gasteiger charge is -2.13. The highest BCUT2D eigenvalue weighted by Gasteiger charge is 2.04. The van der Waals surface area contributed by atoms with Crippen LogP contribution in [0.5, 0.6) is 5.75 Å². The molecule has 1 aromatic carbocycles.